The third kappa shape index (κ3) is 5.48. The van der Waals surface area contributed by atoms with Crippen LogP contribution in [0.4, 0.5) is 0 Å². The molecule has 0 aromatic carbocycles. The van der Waals surface area contributed by atoms with Crippen LogP contribution in [0.3, 0.4) is 0 Å². The van der Waals surface area contributed by atoms with E-state index in [1.807, 2.05) is 28.6 Å². The highest BCUT2D eigenvalue weighted by molar-refractivity contribution is 8.76. The van der Waals surface area contributed by atoms with Crippen LogP contribution >= 0.6 is 21.6 Å². The Labute approximate surface area is 236 Å². The second-order valence-corrected chi connectivity index (χ2v) is 16.7. The first-order valence-electron chi connectivity index (χ1n) is 15.7. The summed E-state index contributed by atoms with van der Waals surface area (Å²) in [7, 11) is 3.97. The summed E-state index contributed by atoms with van der Waals surface area (Å²) in [5.74, 6) is 6.44. The van der Waals surface area contributed by atoms with Crippen molar-refractivity contribution < 1.29 is 0 Å². The number of hydrogen-bond acceptors (Lipinski definition) is 3. The van der Waals surface area contributed by atoms with Crippen molar-refractivity contribution in [2.45, 2.75) is 122 Å². The Morgan fingerprint density at radius 2 is 1.84 bits per heavy atom. The summed E-state index contributed by atoms with van der Waals surface area (Å²) >= 11 is 0. The van der Waals surface area contributed by atoms with E-state index in [-0.39, 0.29) is 0 Å². The number of hydrogen-bond donors (Lipinski definition) is 0. The van der Waals surface area contributed by atoms with Gasteiger partial charge in [-0.25, -0.2) is 4.98 Å². The fourth-order valence-electron chi connectivity index (χ4n) is 9.89. The lowest BCUT2D eigenvalue weighted by atomic mass is 9.47. The molecular weight excluding hydrogens is 487 g/mol. The molecule has 0 bridgehead atoms. The van der Waals surface area contributed by atoms with Crippen LogP contribution in [0.15, 0.2) is 41.1 Å². The Morgan fingerprint density at radius 3 is 2.57 bits per heavy atom. The van der Waals surface area contributed by atoms with Crippen LogP contribution in [0.25, 0.3) is 0 Å². The maximum atomic E-state index is 4.53. The van der Waals surface area contributed by atoms with E-state index >= 15 is 0 Å². The number of allylic oxidation sites excluding steroid dienone is 2. The van der Waals surface area contributed by atoms with Gasteiger partial charge >= 0.3 is 0 Å². The summed E-state index contributed by atoms with van der Waals surface area (Å²) in [5, 5.41) is 1.90. The van der Waals surface area contributed by atoms with Crippen molar-refractivity contribution in [1.82, 2.24) is 4.98 Å². The molecule has 1 aromatic heterocycles. The van der Waals surface area contributed by atoms with Gasteiger partial charge in [0, 0.05) is 11.4 Å². The van der Waals surface area contributed by atoms with Crippen molar-refractivity contribution in [3.8, 4) is 0 Å². The maximum Gasteiger partial charge on any atom is 0.106 e. The molecule has 0 radical (unpaired) electrons. The highest BCUT2D eigenvalue weighted by atomic mass is 33.1. The minimum atomic E-state index is 0.465. The van der Waals surface area contributed by atoms with Gasteiger partial charge in [-0.15, -0.1) is 0 Å². The minimum Gasteiger partial charge on any atom is -0.249 e. The van der Waals surface area contributed by atoms with E-state index in [1.54, 1.807) is 0 Å². The zero-order valence-corrected chi connectivity index (χ0v) is 26.2. The van der Waals surface area contributed by atoms with E-state index < -0.39 is 0 Å². The van der Waals surface area contributed by atoms with Crippen molar-refractivity contribution in [1.29, 1.82) is 0 Å². The van der Waals surface area contributed by atoms with E-state index in [4.69, 9.17) is 0 Å². The Balaban J connectivity index is 1.23. The summed E-state index contributed by atoms with van der Waals surface area (Å²) in [5.41, 5.74) is 2.88. The molecule has 5 rings (SSSR count). The van der Waals surface area contributed by atoms with E-state index in [0.29, 0.717) is 10.8 Å². The molecule has 1 nitrogen and oxygen atoms in total. The zero-order valence-electron chi connectivity index (χ0n) is 24.5. The van der Waals surface area contributed by atoms with Crippen molar-refractivity contribution in [3.63, 3.8) is 0 Å². The van der Waals surface area contributed by atoms with Gasteiger partial charge in [0.1, 0.15) is 5.03 Å². The second kappa shape index (κ2) is 11.6. The molecule has 0 spiro atoms. The number of nitrogens with zero attached hydrogens (tertiary/aromatic N) is 1. The highest BCUT2D eigenvalue weighted by Crippen LogP contribution is 2.67. The van der Waals surface area contributed by atoms with Crippen LogP contribution < -0.4 is 0 Å². The van der Waals surface area contributed by atoms with Crippen LogP contribution in [-0.4, -0.2) is 10.2 Å². The Kier molecular flexibility index (Phi) is 8.82. The summed E-state index contributed by atoms with van der Waals surface area (Å²) in [6, 6.07) is 6.27. The molecule has 1 aromatic rings. The summed E-state index contributed by atoms with van der Waals surface area (Å²) in [4.78, 5) is 4.53. The molecule has 3 fully saturated rings. The topological polar surface area (TPSA) is 12.9 Å². The van der Waals surface area contributed by atoms with Crippen molar-refractivity contribution >= 4 is 21.6 Å². The van der Waals surface area contributed by atoms with Gasteiger partial charge in [0.15, 0.2) is 0 Å². The first kappa shape index (κ1) is 28.1. The van der Waals surface area contributed by atoms with Crippen LogP contribution in [0.2, 0.25) is 0 Å². The summed E-state index contributed by atoms with van der Waals surface area (Å²) in [6.45, 7) is 15.3. The minimum absolute atomic E-state index is 0.465. The van der Waals surface area contributed by atoms with Gasteiger partial charge in [-0.2, -0.15) is 0 Å². The molecular formula is C34H53NS2. The third-order valence-corrected chi connectivity index (χ3v) is 15.0. The number of fused-ring (bicyclic) bond motifs is 5. The molecule has 3 heteroatoms. The Bertz CT molecular complexity index is 927. The van der Waals surface area contributed by atoms with Crippen LogP contribution in [0.5, 0.6) is 0 Å². The standard InChI is InChI=1S/C34H53NS2/c1-7-25(23(2)3)12-11-24(4)29-15-16-30-28-14-13-26-22-27(36-37-32-10-8-9-21-35-32)17-19-33(26,5)31(28)18-20-34(29,30)6/h8-10,13,21,23-25,27-31H,7,11-12,14-20,22H2,1-6H3/t24?,25?,27-,28-,29+,30-,31-,33-,34+/m0/s1. The molecule has 0 amide bonds. The predicted octanol–water partition coefficient (Wildman–Crippen LogP) is 10.9. The fourth-order valence-corrected chi connectivity index (χ4v) is 12.3. The van der Waals surface area contributed by atoms with Crippen molar-refractivity contribution in [3.05, 3.63) is 36.0 Å². The zero-order chi connectivity index (χ0) is 26.2. The van der Waals surface area contributed by atoms with E-state index in [0.717, 1.165) is 51.7 Å². The van der Waals surface area contributed by atoms with Gasteiger partial charge in [0.05, 0.1) is 0 Å². The summed E-state index contributed by atoms with van der Waals surface area (Å²) < 4.78 is 0. The maximum absolute atomic E-state index is 4.53. The normalized spacial score (nSPS) is 38.9. The Hall–Kier alpha value is -0.410. The summed E-state index contributed by atoms with van der Waals surface area (Å²) in [6.07, 6.45) is 20.4. The van der Waals surface area contributed by atoms with Crippen LogP contribution in [0, 0.1) is 52.3 Å². The molecule has 37 heavy (non-hydrogen) atoms. The molecule has 9 atom stereocenters. The van der Waals surface area contributed by atoms with E-state index in [1.165, 1.54) is 70.6 Å². The first-order chi connectivity index (χ1) is 17.8. The number of pyridine rings is 1. The molecule has 2 unspecified atom stereocenters. The molecule has 4 aliphatic carbocycles. The van der Waals surface area contributed by atoms with Crippen LogP contribution in [0.1, 0.15) is 112 Å². The second-order valence-electron chi connectivity index (χ2n) is 14.2. The van der Waals surface area contributed by atoms with Crippen molar-refractivity contribution in [2.24, 2.45) is 52.3 Å². The lowest BCUT2D eigenvalue weighted by Crippen LogP contribution is -2.50. The largest absolute Gasteiger partial charge is 0.249 e. The lowest BCUT2D eigenvalue weighted by molar-refractivity contribution is -0.0500. The number of rotatable bonds is 9. The highest BCUT2D eigenvalue weighted by Gasteiger charge is 2.59. The molecule has 0 saturated heterocycles. The van der Waals surface area contributed by atoms with Gasteiger partial charge in [-0.05, 0) is 133 Å². The fraction of sp³-hybridized carbons (Fsp3) is 0.794. The molecule has 3 saturated carbocycles. The third-order valence-electron chi connectivity index (χ3n) is 12.2. The molecule has 4 aliphatic rings. The number of aromatic nitrogens is 1. The molecule has 0 N–H and O–H groups in total. The van der Waals surface area contributed by atoms with Gasteiger partial charge in [0.25, 0.3) is 0 Å². The van der Waals surface area contributed by atoms with Gasteiger partial charge in [0.2, 0.25) is 0 Å². The van der Waals surface area contributed by atoms with Crippen LogP contribution in [-0.2, 0) is 0 Å². The van der Waals surface area contributed by atoms with Gasteiger partial charge in [-0.1, -0.05) is 82.9 Å². The van der Waals surface area contributed by atoms with E-state index in [2.05, 4.69) is 75.5 Å². The average Bonchev–Trinajstić information content (AvgIpc) is 3.25. The van der Waals surface area contributed by atoms with Gasteiger partial charge in [-0.3, -0.25) is 0 Å². The SMILES string of the molecule is CCC(CCC(C)[C@H]1CC[C@H]2[C@@H]3CC=C4C[C@@H](SSc5ccccn5)CC[C@]4(C)[C@H]3CC[C@]12C)C(C)C. The molecule has 1 heterocycles. The van der Waals surface area contributed by atoms with Crippen molar-refractivity contribution in [2.75, 3.05) is 0 Å². The first-order valence-corrected chi connectivity index (χ1v) is 17.9. The monoisotopic (exact) mass is 539 g/mol. The smallest absolute Gasteiger partial charge is 0.106 e. The molecule has 0 aliphatic heterocycles. The molecule has 206 valence electrons. The lowest BCUT2D eigenvalue weighted by Gasteiger charge is -2.58. The van der Waals surface area contributed by atoms with E-state index in [9.17, 15) is 0 Å². The van der Waals surface area contributed by atoms with Gasteiger partial charge < -0.3 is 0 Å². The average molecular weight is 540 g/mol. The quantitative estimate of drug-likeness (QED) is 0.229. The predicted molar refractivity (Wildman–Crippen MR) is 164 cm³/mol. The Morgan fingerprint density at radius 1 is 1.00 bits per heavy atom.